The van der Waals surface area contributed by atoms with Gasteiger partial charge in [0.25, 0.3) is 5.91 Å². The highest BCUT2D eigenvalue weighted by atomic mass is 32.1. The number of benzene rings is 2. The van der Waals surface area contributed by atoms with E-state index in [0.29, 0.717) is 12.1 Å². The number of methoxy groups -OCH3 is 1. The Hall–Kier alpha value is -3.58. The molecule has 3 heterocycles. The molecule has 0 radical (unpaired) electrons. The highest BCUT2D eigenvalue weighted by Crippen LogP contribution is 2.29. The van der Waals surface area contributed by atoms with Gasteiger partial charge in [-0.3, -0.25) is 4.79 Å². The Kier molecular flexibility index (Phi) is 6.13. The molecule has 2 aromatic carbocycles. The number of anilines is 1. The van der Waals surface area contributed by atoms with Crippen molar-refractivity contribution in [1.29, 1.82) is 0 Å². The molecule has 0 unspecified atom stereocenters. The lowest BCUT2D eigenvalue weighted by molar-refractivity contribution is 0.0768. The molecule has 0 bridgehead atoms. The number of carbonyl (C=O) groups is 1. The normalized spacial score (nSPS) is 14.2. The fraction of sp³-hybridized carbons (Fsp3) is 0.231. The van der Waals surface area contributed by atoms with Crippen LogP contribution in [0, 0.1) is 0 Å². The van der Waals surface area contributed by atoms with Gasteiger partial charge in [-0.1, -0.05) is 24.3 Å². The van der Waals surface area contributed by atoms with Gasteiger partial charge in [0.05, 0.1) is 23.2 Å². The summed E-state index contributed by atoms with van der Waals surface area (Å²) in [6.07, 6.45) is 2.79. The van der Waals surface area contributed by atoms with E-state index in [9.17, 15) is 4.79 Å². The highest BCUT2D eigenvalue weighted by Gasteiger charge is 2.26. The van der Waals surface area contributed by atoms with Gasteiger partial charge in [-0.15, -0.1) is 11.3 Å². The quantitative estimate of drug-likeness (QED) is 0.424. The topological polar surface area (TPSA) is 50.6 Å². The Morgan fingerprint density at radius 3 is 2.45 bits per heavy atom. The molecule has 0 atom stereocenters. The van der Waals surface area contributed by atoms with Gasteiger partial charge in [0.1, 0.15) is 11.4 Å². The van der Waals surface area contributed by atoms with E-state index in [2.05, 4.69) is 17.0 Å². The van der Waals surface area contributed by atoms with E-state index in [0.717, 1.165) is 53.8 Å². The number of aromatic nitrogens is 2. The van der Waals surface area contributed by atoms with Crippen LogP contribution in [0.3, 0.4) is 0 Å². The van der Waals surface area contributed by atoms with Crippen molar-refractivity contribution in [2.75, 3.05) is 38.2 Å². The average molecular weight is 459 g/mol. The second-order valence-electron chi connectivity index (χ2n) is 7.98. The fourth-order valence-corrected chi connectivity index (χ4v) is 4.90. The maximum atomic E-state index is 13.7. The Labute approximate surface area is 197 Å². The van der Waals surface area contributed by atoms with Crippen molar-refractivity contribution in [3.63, 3.8) is 0 Å². The smallest absolute Gasteiger partial charge is 0.257 e. The minimum atomic E-state index is 0.0390. The Morgan fingerprint density at radius 2 is 1.73 bits per heavy atom. The number of nitrogens with zero attached hydrogens (tertiary/aromatic N) is 4. The summed E-state index contributed by atoms with van der Waals surface area (Å²) in [5, 5.41) is 6.82. The van der Waals surface area contributed by atoms with Crippen molar-refractivity contribution >= 4 is 22.9 Å². The first-order valence-corrected chi connectivity index (χ1v) is 12.0. The first-order chi connectivity index (χ1) is 16.2. The van der Waals surface area contributed by atoms with Gasteiger partial charge in [-0.05, 0) is 54.3 Å². The first-order valence-electron chi connectivity index (χ1n) is 11.1. The summed E-state index contributed by atoms with van der Waals surface area (Å²) in [4.78, 5) is 19.0. The van der Waals surface area contributed by atoms with E-state index in [4.69, 9.17) is 9.84 Å². The molecular weight excluding hydrogens is 432 g/mol. The number of amides is 1. The lowest BCUT2D eigenvalue weighted by Gasteiger charge is -2.24. The van der Waals surface area contributed by atoms with Crippen LogP contribution in [0.4, 0.5) is 5.69 Å². The van der Waals surface area contributed by atoms with Crippen molar-refractivity contribution in [2.24, 2.45) is 0 Å². The third-order valence-electron chi connectivity index (χ3n) is 5.94. The van der Waals surface area contributed by atoms with Crippen LogP contribution in [0.15, 0.2) is 78.3 Å². The molecule has 168 valence electrons. The van der Waals surface area contributed by atoms with E-state index >= 15 is 0 Å². The molecule has 1 fully saturated rings. The summed E-state index contributed by atoms with van der Waals surface area (Å²) >= 11 is 1.60. The van der Waals surface area contributed by atoms with Gasteiger partial charge < -0.3 is 14.5 Å². The number of rotatable bonds is 5. The standard InChI is InChI=1S/C26H26N4O2S/c1-32-22-12-10-20(11-13-22)28-14-6-15-29(17-16-28)26(31)23-19-30(21-7-3-2-4-8-21)27-25(23)24-9-5-18-33-24/h2-5,7-13,18-19H,6,14-17H2,1H3. The number of hydrogen-bond acceptors (Lipinski definition) is 5. The number of thiophene rings is 1. The fourth-order valence-electron chi connectivity index (χ4n) is 4.18. The summed E-state index contributed by atoms with van der Waals surface area (Å²) in [6, 6.07) is 22.1. The summed E-state index contributed by atoms with van der Waals surface area (Å²) in [5.74, 6) is 0.888. The largest absolute Gasteiger partial charge is 0.497 e. The molecule has 1 aliphatic rings. The zero-order chi connectivity index (χ0) is 22.6. The Balaban J connectivity index is 1.39. The molecule has 1 aliphatic heterocycles. The summed E-state index contributed by atoms with van der Waals surface area (Å²) < 4.78 is 7.09. The highest BCUT2D eigenvalue weighted by molar-refractivity contribution is 7.13. The van der Waals surface area contributed by atoms with Crippen molar-refractivity contribution < 1.29 is 9.53 Å². The molecule has 2 aromatic heterocycles. The minimum absolute atomic E-state index is 0.0390. The summed E-state index contributed by atoms with van der Waals surface area (Å²) in [5.41, 5.74) is 3.49. The van der Waals surface area contributed by atoms with E-state index in [1.165, 1.54) is 0 Å². The third kappa shape index (κ3) is 4.50. The number of ether oxygens (including phenoxy) is 1. The molecule has 0 spiro atoms. The van der Waals surface area contributed by atoms with Crippen LogP contribution in [-0.4, -0.2) is 53.9 Å². The van der Waals surface area contributed by atoms with Gasteiger partial charge in [0, 0.05) is 38.1 Å². The van der Waals surface area contributed by atoms with Crippen molar-refractivity contribution in [2.45, 2.75) is 6.42 Å². The molecule has 1 saturated heterocycles. The van der Waals surface area contributed by atoms with Gasteiger partial charge >= 0.3 is 0 Å². The van der Waals surface area contributed by atoms with Gasteiger partial charge in [0.2, 0.25) is 0 Å². The summed E-state index contributed by atoms with van der Waals surface area (Å²) in [6.45, 7) is 3.10. The predicted octanol–water partition coefficient (Wildman–Crippen LogP) is 4.96. The predicted molar refractivity (Wildman–Crippen MR) is 133 cm³/mol. The molecule has 0 N–H and O–H groups in total. The van der Waals surface area contributed by atoms with E-state index < -0.39 is 0 Å². The van der Waals surface area contributed by atoms with Crippen molar-refractivity contribution in [3.8, 4) is 22.0 Å². The number of carbonyl (C=O) groups excluding carboxylic acids is 1. The molecule has 0 aliphatic carbocycles. The monoisotopic (exact) mass is 458 g/mol. The second kappa shape index (κ2) is 9.50. The Morgan fingerprint density at radius 1 is 0.909 bits per heavy atom. The minimum Gasteiger partial charge on any atom is -0.497 e. The molecule has 7 heteroatoms. The molecule has 4 aromatic rings. The molecule has 5 rings (SSSR count). The van der Waals surface area contributed by atoms with Crippen molar-refractivity contribution in [3.05, 3.63) is 83.9 Å². The van der Waals surface area contributed by atoms with Gasteiger partial charge in [-0.2, -0.15) is 5.10 Å². The second-order valence-corrected chi connectivity index (χ2v) is 8.93. The third-order valence-corrected chi connectivity index (χ3v) is 6.82. The van der Waals surface area contributed by atoms with Crippen LogP contribution in [0.25, 0.3) is 16.3 Å². The lowest BCUT2D eigenvalue weighted by Crippen LogP contribution is -2.35. The SMILES string of the molecule is COc1ccc(N2CCCN(C(=O)c3cn(-c4ccccc4)nc3-c3cccs3)CC2)cc1. The number of hydrogen-bond donors (Lipinski definition) is 0. The molecule has 1 amide bonds. The first kappa shape index (κ1) is 21.3. The molecular formula is C26H26N4O2S. The van der Waals surface area contributed by atoms with Crippen LogP contribution < -0.4 is 9.64 Å². The van der Waals surface area contributed by atoms with Crippen molar-refractivity contribution in [1.82, 2.24) is 14.7 Å². The van der Waals surface area contributed by atoms with E-state index in [1.54, 1.807) is 18.4 Å². The maximum absolute atomic E-state index is 13.7. The van der Waals surface area contributed by atoms with Gasteiger partial charge in [-0.25, -0.2) is 4.68 Å². The van der Waals surface area contributed by atoms with Gasteiger partial charge in [0.15, 0.2) is 0 Å². The molecule has 0 saturated carbocycles. The van der Waals surface area contributed by atoms with E-state index in [1.807, 2.05) is 75.8 Å². The molecule has 33 heavy (non-hydrogen) atoms. The zero-order valence-electron chi connectivity index (χ0n) is 18.6. The average Bonchev–Trinajstić information content (AvgIpc) is 3.49. The molecule has 6 nitrogen and oxygen atoms in total. The van der Waals surface area contributed by atoms with Crippen LogP contribution >= 0.6 is 11.3 Å². The van der Waals surface area contributed by atoms with Crippen LogP contribution in [0.1, 0.15) is 16.8 Å². The maximum Gasteiger partial charge on any atom is 0.257 e. The van der Waals surface area contributed by atoms with Crippen LogP contribution in [0.2, 0.25) is 0 Å². The summed E-state index contributed by atoms with van der Waals surface area (Å²) in [7, 11) is 1.68. The zero-order valence-corrected chi connectivity index (χ0v) is 19.4. The number of para-hydroxylation sites is 1. The lowest BCUT2D eigenvalue weighted by atomic mass is 10.2. The van der Waals surface area contributed by atoms with E-state index in [-0.39, 0.29) is 5.91 Å². The Bertz CT molecular complexity index is 1200. The van der Waals surface area contributed by atoms with Crippen LogP contribution in [-0.2, 0) is 0 Å². The van der Waals surface area contributed by atoms with Crippen LogP contribution in [0.5, 0.6) is 5.75 Å².